The van der Waals surface area contributed by atoms with Gasteiger partial charge in [-0.25, -0.2) is 0 Å². The molecule has 0 spiro atoms. The van der Waals surface area contributed by atoms with Gasteiger partial charge in [-0.2, -0.15) is 8.42 Å². The number of hydrogen-bond acceptors (Lipinski definition) is 7. The van der Waals surface area contributed by atoms with E-state index >= 15 is 0 Å². The number of methoxy groups -OCH3 is 1. The van der Waals surface area contributed by atoms with Gasteiger partial charge in [-0.1, -0.05) is 18.2 Å². The van der Waals surface area contributed by atoms with E-state index in [4.69, 9.17) is 18.8 Å². The number of aryl methyl sites for hydroxylation is 1. The predicted molar refractivity (Wildman–Crippen MR) is 121 cm³/mol. The van der Waals surface area contributed by atoms with Gasteiger partial charge in [0, 0.05) is 0 Å². The highest BCUT2D eigenvalue weighted by Crippen LogP contribution is 2.42. The summed E-state index contributed by atoms with van der Waals surface area (Å²) in [5, 5.41) is 0.299. The molecule has 2 rings (SSSR count). The lowest BCUT2D eigenvalue weighted by Gasteiger charge is -2.21. The minimum atomic E-state index is -4.07. The monoisotopic (exact) mass is 482 g/mol. The van der Waals surface area contributed by atoms with E-state index in [0.29, 0.717) is 29.5 Å². The fourth-order valence-electron chi connectivity index (χ4n) is 2.77. The molecule has 0 aliphatic rings. The summed E-state index contributed by atoms with van der Waals surface area (Å²) in [5.74, 6) is -0.0489. The van der Waals surface area contributed by atoms with Crippen LogP contribution in [0, 0.1) is 5.41 Å². The molecule has 2 aromatic rings. The first-order valence-corrected chi connectivity index (χ1v) is 12.4. The minimum absolute atomic E-state index is 0.107. The molecule has 0 heterocycles. The van der Waals surface area contributed by atoms with Gasteiger partial charge in [-0.05, 0) is 63.8 Å². The van der Waals surface area contributed by atoms with Crippen LogP contribution in [0.25, 0.3) is 0 Å². The lowest BCUT2D eigenvalue weighted by Crippen LogP contribution is -2.26. The standard InChI is InChI=1S/C22H27O8PS/c1-22(2,3)21(23)30-17-14-15(10-8-9-13-32(25,26)27)20(31-24)19(18(17)28-4)29-16-11-6-5-7-12-16/h5-7,11-12,14H,8-10,13H2,1-4H3,(H,25,26,27). The molecule has 8 nitrogen and oxygen atoms in total. The van der Waals surface area contributed by atoms with Gasteiger partial charge in [0.2, 0.25) is 5.75 Å². The van der Waals surface area contributed by atoms with Crippen molar-refractivity contribution in [3.8, 4) is 23.0 Å². The van der Waals surface area contributed by atoms with Crippen LogP contribution in [0.4, 0.5) is 0 Å². The van der Waals surface area contributed by atoms with Gasteiger partial charge < -0.3 is 14.2 Å². The van der Waals surface area contributed by atoms with E-state index < -0.39 is 21.5 Å². The Balaban J connectivity index is 2.52. The maximum Gasteiger partial charge on any atom is 0.316 e. The van der Waals surface area contributed by atoms with E-state index in [1.165, 1.54) is 7.11 Å². The first-order chi connectivity index (χ1) is 15.0. The van der Waals surface area contributed by atoms with Gasteiger partial charge in [-0.3, -0.25) is 13.9 Å². The second-order valence-electron chi connectivity index (χ2n) is 8.13. The summed E-state index contributed by atoms with van der Waals surface area (Å²) >= 11 is 0. The highest BCUT2D eigenvalue weighted by Gasteiger charge is 2.28. The normalized spacial score (nSPS) is 11.9. The third kappa shape index (κ3) is 7.29. The molecular formula is C22H27O8PS. The Hall–Kier alpha value is -2.48. The maximum atomic E-state index is 12.5. The molecular weight excluding hydrogens is 455 g/mol. The molecule has 0 aliphatic heterocycles. The number of benzene rings is 2. The van der Waals surface area contributed by atoms with Crippen molar-refractivity contribution < 1.29 is 36.5 Å². The number of hydrogen-bond donors (Lipinski definition) is 1. The molecule has 1 N–H and O–H groups in total. The van der Waals surface area contributed by atoms with Crippen molar-refractivity contribution in [2.45, 2.75) is 40.0 Å². The van der Waals surface area contributed by atoms with Gasteiger partial charge in [0.25, 0.3) is 10.1 Å². The SMILES string of the molecule is COc1c(OC(=O)C(C)(C)C)cc(CCCCS(=O)(=O)O)c(P=O)c1Oc1ccccc1. The summed E-state index contributed by atoms with van der Waals surface area (Å²) in [6.45, 7) is 5.14. The molecule has 0 fully saturated rings. The lowest BCUT2D eigenvalue weighted by molar-refractivity contribution is -0.143. The van der Waals surface area contributed by atoms with E-state index in [1.54, 1.807) is 51.1 Å². The molecule has 0 unspecified atom stereocenters. The van der Waals surface area contributed by atoms with Gasteiger partial charge in [0.15, 0.2) is 20.0 Å². The van der Waals surface area contributed by atoms with Crippen molar-refractivity contribution in [1.29, 1.82) is 0 Å². The van der Waals surface area contributed by atoms with Crippen LogP contribution in [-0.4, -0.2) is 31.8 Å². The summed E-state index contributed by atoms with van der Waals surface area (Å²) in [5.41, 5.74) is -0.239. The Kier molecular flexibility index (Phi) is 8.78. The van der Waals surface area contributed by atoms with Crippen LogP contribution in [0.5, 0.6) is 23.0 Å². The smallest absolute Gasteiger partial charge is 0.316 e. The third-order valence-electron chi connectivity index (χ3n) is 4.43. The molecule has 2 aromatic carbocycles. The largest absolute Gasteiger partial charge is 0.490 e. The predicted octanol–water partition coefficient (Wildman–Crippen LogP) is 4.57. The quantitative estimate of drug-likeness (QED) is 0.172. The van der Waals surface area contributed by atoms with Crippen molar-refractivity contribution in [3.63, 3.8) is 0 Å². The molecule has 0 bridgehead atoms. The van der Waals surface area contributed by atoms with E-state index in [9.17, 15) is 17.8 Å². The third-order valence-corrected chi connectivity index (χ3v) is 5.90. The first kappa shape index (κ1) is 25.8. The molecule has 0 atom stereocenters. The zero-order valence-electron chi connectivity index (χ0n) is 18.5. The van der Waals surface area contributed by atoms with Gasteiger partial charge in [-0.15, -0.1) is 0 Å². The van der Waals surface area contributed by atoms with Crippen LogP contribution >= 0.6 is 8.46 Å². The second-order valence-corrected chi connectivity index (χ2v) is 10.3. The number of carbonyl (C=O) groups is 1. The summed E-state index contributed by atoms with van der Waals surface area (Å²) in [7, 11) is -3.03. The van der Waals surface area contributed by atoms with E-state index in [2.05, 4.69) is 0 Å². The Morgan fingerprint density at radius 1 is 1.09 bits per heavy atom. The Morgan fingerprint density at radius 2 is 1.75 bits per heavy atom. The Morgan fingerprint density at radius 3 is 2.28 bits per heavy atom. The van der Waals surface area contributed by atoms with Gasteiger partial charge >= 0.3 is 5.97 Å². The van der Waals surface area contributed by atoms with Crippen LogP contribution in [-0.2, 0) is 25.9 Å². The van der Waals surface area contributed by atoms with Crippen LogP contribution in [0.2, 0.25) is 0 Å². The van der Waals surface area contributed by atoms with Crippen LogP contribution in [0.15, 0.2) is 36.4 Å². The number of ether oxygens (including phenoxy) is 3. The van der Waals surface area contributed by atoms with Crippen LogP contribution in [0.1, 0.15) is 39.2 Å². The van der Waals surface area contributed by atoms with Crippen LogP contribution < -0.4 is 19.5 Å². The van der Waals surface area contributed by atoms with E-state index in [1.807, 2.05) is 6.07 Å². The first-order valence-electron chi connectivity index (χ1n) is 9.94. The topological polar surface area (TPSA) is 116 Å². The molecule has 0 aliphatic carbocycles. The summed E-state index contributed by atoms with van der Waals surface area (Å²) < 4.78 is 60.1. The number of unbranched alkanes of at least 4 members (excludes halogenated alkanes) is 1. The van der Waals surface area contributed by atoms with Crippen molar-refractivity contribution in [2.75, 3.05) is 12.9 Å². The summed E-state index contributed by atoms with van der Waals surface area (Å²) in [6.07, 6.45) is 0.896. The Bertz CT molecular complexity index is 1060. The fourth-order valence-corrected chi connectivity index (χ4v) is 3.86. The molecule has 0 aromatic heterocycles. The minimum Gasteiger partial charge on any atom is -0.490 e. The van der Waals surface area contributed by atoms with Gasteiger partial charge in [0.1, 0.15) is 5.75 Å². The molecule has 174 valence electrons. The second kappa shape index (κ2) is 10.9. The van der Waals surface area contributed by atoms with Gasteiger partial charge in [0.05, 0.1) is 23.6 Å². The zero-order valence-corrected chi connectivity index (χ0v) is 20.2. The van der Waals surface area contributed by atoms with Crippen molar-refractivity contribution in [1.82, 2.24) is 0 Å². The lowest BCUT2D eigenvalue weighted by atomic mass is 9.97. The molecule has 0 radical (unpaired) electrons. The van der Waals surface area contributed by atoms with Crippen LogP contribution in [0.3, 0.4) is 0 Å². The Labute approximate surface area is 189 Å². The van der Waals surface area contributed by atoms with E-state index in [0.717, 1.165) is 0 Å². The highest BCUT2D eigenvalue weighted by molar-refractivity contribution is 7.85. The highest BCUT2D eigenvalue weighted by atomic mass is 32.2. The average molecular weight is 482 g/mol. The average Bonchev–Trinajstić information content (AvgIpc) is 2.70. The van der Waals surface area contributed by atoms with Crippen molar-refractivity contribution in [2.24, 2.45) is 5.41 Å². The number of para-hydroxylation sites is 1. The molecule has 0 amide bonds. The van der Waals surface area contributed by atoms with Crippen molar-refractivity contribution in [3.05, 3.63) is 42.0 Å². The van der Waals surface area contributed by atoms with Crippen molar-refractivity contribution >= 4 is 29.9 Å². The van der Waals surface area contributed by atoms with E-state index in [-0.39, 0.29) is 37.9 Å². The maximum absolute atomic E-state index is 12.5. The molecule has 10 heteroatoms. The summed E-state index contributed by atoms with van der Waals surface area (Å²) in [6, 6.07) is 10.3. The molecule has 0 saturated heterocycles. The molecule has 32 heavy (non-hydrogen) atoms. The number of carbonyl (C=O) groups excluding carboxylic acids is 1. The molecule has 0 saturated carbocycles. The summed E-state index contributed by atoms with van der Waals surface area (Å²) in [4.78, 5) is 12.5. The zero-order chi connectivity index (χ0) is 23.9. The number of esters is 1. The fraction of sp³-hybridized carbons (Fsp3) is 0.409. The number of rotatable bonds is 10.